The van der Waals surface area contributed by atoms with Gasteiger partial charge in [0, 0.05) is 74.8 Å². The van der Waals surface area contributed by atoms with Gasteiger partial charge in [-0.25, -0.2) is 15.0 Å². The van der Waals surface area contributed by atoms with Crippen LogP contribution < -0.4 is 25.3 Å². The van der Waals surface area contributed by atoms with Gasteiger partial charge in [-0.05, 0) is 66.5 Å². The van der Waals surface area contributed by atoms with Crippen LogP contribution in [0.2, 0.25) is 0 Å². The third-order valence-corrected chi connectivity index (χ3v) is 11.5. The van der Waals surface area contributed by atoms with E-state index < -0.39 is 0 Å². The summed E-state index contributed by atoms with van der Waals surface area (Å²) in [4.78, 5) is 36.9. The van der Waals surface area contributed by atoms with Gasteiger partial charge in [0.15, 0.2) is 5.82 Å². The van der Waals surface area contributed by atoms with E-state index in [1.165, 1.54) is 54.3 Å². The molecule has 1 atom stereocenters. The molecule has 1 saturated carbocycles. The van der Waals surface area contributed by atoms with Gasteiger partial charge in [-0.2, -0.15) is 0 Å². The summed E-state index contributed by atoms with van der Waals surface area (Å²) in [6.07, 6.45) is 8.60. The average molecular weight is 707 g/mol. The highest BCUT2D eigenvalue weighted by Gasteiger charge is 2.34. The first-order chi connectivity index (χ1) is 25.1. The van der Waals surface area contributed by atoms with E-state index >= 15 is 0 Å². The van der Waals surface area contributed by atoms with E-state index in [1.54, 1.807) is 18.4 Å². The third-order valence-electron chi connectivity index (χ3n) is 10.6. The molecule has 1 amide bonds. The first-order valence-electron chi connectivity index (χ1n) is 18.1. The van der Waals surface area contributed by atoms with Crippen LogP contribution in [0.1, 0.15) is 43.7 Å². The summed E-state index contributed by atoms with van der Waals surface area (Å²) in [5.74, 6) is 1.63. The number of methoxy groups -OCH3 is 1. The molecular weight excluding hydrogens is 661 g/mol. The molecule has 2 aromatic carbocycles. The van der Waals surface area contributed by atoms with E-state index in [0.717, 1.165) is 57.2 Å². The Kier molecular flexibility index (Phi) is 9.90. The molecule has 8 rings (SSSR count). The van der Waals surface area contributed by atoms with E-state index in [-0.39, 0.29) is 11.9 Å². The van der Waals surface area contributed by atoms with Crippen molar-refractivity contribution in [2.24, 2.45) is 0 Å². The van der Waals surface area contributed by atoms with Gasteiger partial charge in [0.1, 0.15) is 17.9 Å². The zero-order valence-electron chi connectivity index (χ0n) is 29.2. The van der Waals surface area contributed by atoms with Crippen LogP contribution in [0.4, 0.5) is 28.7 Å². The second-order valence-corrected chi connectivity index (χ2v) is 14.7. The number of anilines is 5. The van der Waals surface area contributed by atoms with Crippen molar-refractivity contribution in [1.29, 1.82) is 0 Å². The number of nitrogens with one attached hydrogen (secondary N) is 2. The van der Waals surface area contributed by atoms with Gasteiger partial charge in [0.25, 0.3) is 0 Å². The van der Waals surface area contributed by atoms with Gasteiger partial charge < -0.3 is 20.3 Å². The van der Waals surface area contributed by atoms with Gasteiger partial charge in [-0.15, -0.1) is 11.3 Å². The highest BCUT2D eigenvalue weighted by atomic mass is 32.1. The SMILES string of the molecule is C=CC(=O)Nc1cc(Nc2cc(N3OCCC3c3cccc(-c4cccs4)c3)ncn2)c(OC)cc1N1CCC(N2CCN(C3CC3)CC2)CC1. The minimum absolute atomic E-state index is 0.0127. The molecule has 4 fully saturated rings. The molecule has 0 bridgehead atoms. The number of piperazine rings is 1. The van der Waals surface area contributed by atoms with Crippen LogP contribution in [-0.2, 0) is 9.63 Å². The third kappa shape index (κ3) is 7.45. The number of aromatic nitrogens is 2. The summed E-state index contributed by atoms with van der Waals surface area (Å²) in [7, 11) is 1.66. The van der Waals surface area contributed by atoms with E-state index in [2.05, 4.69) is 83.7 Å². The number of hydrogen-bond acceptors (Lipinski definition) is 11. The van der Waals surface area contributed by atoms with Gasteiger partial charge in [-0.3, -0.25) is 19.4 Å². The number of hydroxylamine groups is 1. The van der Waals surface area contributed by atoms with Crippen molar-refractivity contribution in [2.45, 2.75) is 50.2 Å². The Hall–Kier alpha value is -4.49. The van der Waals surface area contributed by atoms with Gasteiger partial charge in [-0.1, -0.05) is 30.8 Å². The summed E-state index contributed by atoms with van der Waals surface area (Å²) in [5, 5.41) is 10.5. The lowest BCUT2D eigenvalue weighted by Crippen LogP contribution is -2.53. The molecule has 11 nitrogen and oxygen atoms in total. The molecular formula is C39H46N8O3S. The second-order valence-electron chi connectivity index (χ2n) is 13.7. The molecule has 3 aliphatic heterocycles. The number of amides is 1. The number of rotatable bonds is 11. The van der Waals surface area contributed by atoms with Crippen molar-refractivity contribution in [1.82, 2.24) is 19.8 Å². The number of hydrogen-bond donors (Lipinski definition) is 2. The lowest BCUT2D eigenvalue weighted by atomic mass is 10.0. The fourth-order valence-corrected chi connectivity index (χ4v) is 8.50. The zero-order valence-corrected chi connectivity index (χ0v) is 30.0. The van der Waals surface area contributed by atoms with Crippen molar-refractivity contribution >= 4 is 45.9 Å². The molecule has 51 heavy (non-hydrogen) atoms. The predicted molar refractivity (Wildman–Crippen MR) is 204 cm³/mol. The molecule has 1 aliphatic carbocycles. The molecule has 5 heterocycles. The molecule has 1 unspecified atom stereocenters. The van der Waals surface area contributed by atoms with E-state index in [9.17, 15) is 4.79 Å². The molecule has 0 radical (unpaired) electrons. The number of carbonyl (C=O) groups is 1. The summed E-state index contributed by atoms with van der Waals surface area (Å²) >= 11 is 1.73. The van der Waals surface area contributed by atoms with Crippen LogP contribution in [-0.4, -0.2) is 90.7 Å². The summed E-state index contributed by atoms with van der Waals surface area (Å²) < 4.78 is 5.92. The molecule has 2 N–H and O–H groups in total. The van der Waals surface area contributed by atoms with Crippen molar-refractivity contribution in [2.75, 3.05) is 73.6 Å². The standard InChI is InChI=1S/C39H46N8O3S/c1-3-39(48)43-31-23-32(35(49-2)24-34(31)46-14-11-30(12-15-46)45-18-16-44(17-19-45)29-9-10-29)42-37-25-38(41-26-40-37)47-33(13-20-50-47)27-6-4-7-28(22-27)36-8-5-21-51-36/h3-8,21-26,29-30,33H,1,9-20H2,2H3,(H,43,48)(H,40,41,42). The number of thiophene rings is 1. The maximum Gasteiger partial charge on any atom is 0.247 e. The van der Waals surface area contributed by atoms with Gasteiger partial charge in [0.2, 0.25) is 5.91 Å². The van der Waals surface area contributed by atoms with Crippen LogP contribution in [0.5, 0.6) is 5.75 Å². The smallest absolute Gasteiger partial charge is 0.247 e. The van der Waals surface area contributed by atoms with Crippen LogP contribution in [0.25, 0.3) is 10.4 Å². The van der Waals surface area contributed by atoms with Crippen LogP contribution >= 0.6 is 11.3 Å². The molecule has 4 aliphatic rings. The Labute approximate surface area is 303 Å². The van der Waals surface area contributed by atoms with Crippen LogP contribution in [0.3, 0.4) is 0 Å². The van der Waals surface area contributed by atoms with E-state index in [4.69, 9.17) is 9.57 Å². The van der Waals surface area contributed by atoms with Crippen molar-refractivity contribution in [3.05, 3.63) is 84.5 Å². The summed E-state index contributed by atoms with van der Waals surface area (Å²) in [6, 6.07) is 20.1. The maximum atomic E-state index is 12.7. The average Bonchev–Trinajstić information content (AvgIpc) is 3.64. The van der Waals surface area contributed by atoms with Gasteiger partial charge in [0.05, 0.1) is 36.8 Å². The normalized spacial score (nSPS) is 20.4. The Bertz CT molecular complexity index is 1830. The molecule has 4 aromatic rings. The van der Waals surface area contributed by atoms with Crippen molar-refractivity contribution < 1.29 is 14.4 Å². The second kappa shape index (κ2) is 15.0. The molecule has 2 aromatic heterocycles. The highest BCUT2D eigenvalue weighted by molar-refractivity contribution is 7.13. The van der Waals surface area contributed by atoms with Crippen molar-refractivity contribution in [3.63, 3.8) is 0 Å². The number of nitrogens with zero attached hydrogens (tertiary/aromatic N) is 6. The largest absolute Gasteiger partial charge is 0.494 e. The topological polar surface area (TPSA) is 98.3 Å². The maximum absolute atomic E-state index is 12.7. The number of ether oxygens (including phenoxy) is 1. The van der Waals surface area contributed by atoms with E-state index in [1.807, 2.05) is 23.3 Å². The van der Waals surface area contributed by atoms with Crippen LogP contribution in [0, 0.1) is 0 Å². The number of piperidine rings is 1. The van der Waals surface area contributed by atoms with Crippen molar-refractivity contribution in [3.8, 4) is 16.2 Å². The Morgan fingerprint density at radius 3 is 2.41 bits per heavy atom. The van der Waals surface area contributed by atoms with Gasteiger partial charge >= 0.3 is 0 Å². The molecule has 266 valence electrons. The Balaban J connectivity index is 0.993. The molecule has 0 spiro atoms. The van der Waals surface area contributed by atoms with E-state index in [0.29, 0.717) is 41.4 Å². The fourth-order valence-electron chi connectivity index (χ4n) is 7.77. The molecule has 12 heteroatoms. The summed E-state index contributed by atoms with van der Waals surface area (Å²) in [6.45, 7) is 10.8. The first-order valence-corrected chi connectivity index (χ1v) is 19.0. The zero-order chi connectivity index (χ0) is 34.7. The lowest BCUT2D eigenvalue weighted by Gasteiger charge is -2.43. The summed E-state index contributed by atoms with van der Waals surface area (Å²) in [5.41, 5.74) is 4.68. The Morgan fingerprint density at radius 2 is 1.71 bits per heavy atom. The lowest BCUT2D eigenvalue weighted by molar-refractivity contribution is -0.111. The quantitative estimate of drug-likeness (QED) is 0.164. The minimum Gasteiger partial charge on any atom is -0.494 e. The molecule has 3 saturated heterocycles. The first kappa shape index (κ1) is 33.6. The minimum atomic E-state index is -0.263. The Morgan fingerprint density at radius 1 is 0.922 bits per heavy atom. The van der Waals surface area contributed by atoms with Crippen LogP contribution in [0.15, 0.2) is 79.0 Å². The fraction of sp³-hybridized carbons (Fsp3) is 0.410. The number of benzene rings is 2. The predicted octanol–water partition coefficient (Wildman–Crippen LogP) is 6.71. The monoisotopic (exact) mass is 706 g/mol. The number of carbonyl (C=O) groups excluding carboxylic acids is 1. The highest BCUT2D eigenvalue weighted by Crippen LogP contribution is 2.41.